The average molecular weight is 588 g/mol. The smallest absolute Gasteiger partial charge is 0.329 e. The van der Waals surface area contributed by atoms with Gasteiger partial charge in [0, 0.05) is 11.1 Å². The number of hydrogen-bond acceptors (Lipinski definition) is 6. The number of nitrogens with one attached hydrogen (secondary N) is 1. The Morgan fingerprint density at radius 1 is 0.927 bits per heavy atom. The van der Waals surface area contributed by atoms with Crippen molar-refractivity contribution in [2.75, 3.05) is 0 Å². The summed E-state index contributed by atoms with van der Waals surface area (Å²) in [5, 5.41) is 0.857. The minimum Gasteiger partial charge on any atom is -0.460 e. The highest BCUT2D eigenvalue weighted by atomic mass is 35.5. The van der Waals surface area contributed by atoms with Crippen LogP contribution in [0, 0.1) is 13.8 Å². The molecule has 1 heterocycles. The minimum atomic E-state index is -4.03. The number of rotatable bonds is 8. The number of benzene rings is 4. The van der Waals surface area contributed by atoms with Crippen LogP contribution in [0.25, 0.3) is 22.1 Å². The fourth-order valence-electron chi connectivity index (χ4n) is 4.48. The van der Waals surface area contributed by atoms with Crippen molar-refractivity contribution in [3.05, 3.63) is 129 Å². The van der Waals surface area contributed by atoms with Crippen LogP contribution in [-0.2, 0) is 21.2 Å². The van der Waals surface area contributed by atoms with Crippen LogP contribution in [0.2, 0.25) is 5.02 Å². The molecule has 5 rings (SSSR count). The number of fused-ring (bicyclic) bond motifs is 1. The van der Waals surface area contributed by atoms with Gasteiger partial charge in [0.25, 0.3) is 0 Å². The molecule has 0 bridgehead atoms. The summed E-state index contributed by atoms with van der Waals surface area (Å²) >= 11 is 5.99. The summed E-state index contributed by atoms with van der Waals surface area (Å²) in [6.45, 7) is 3.53. The van der Waals surface area contributed by atoms with Crippen molar-refractivity contribution < 1.29 is 22.4 Å². The summed E-state index contributed by atoms with van der Waals surface area (Å²) in [6, 6.07) is 25.5. The Labute approximate surface area is 242 Å². The topological polar surface area (TPSA) is 103 Å². The lowest BCUT2D eigenvalue weighted by atomic mass is 10.0. The van der Waals surface area contributed by atoms with Gasteiger partial charge in [-0.05, 0) is 67.8 Å². The van der Waals surface area contributed by atoms with Crippen molar-refractivity contribution >= 4 is 38.6 Å². The predicted octanol–water partition coefficient (Wildman–Crippen LogP) is 6.23. The van der Waals surface area contributed by atoms with E-state index in [9.17, 15) is 18.0 Å². The molecule has 0 amide bonds. The van der Waals surface area contributed by atoms with Crippen molar-refractivity contribution in [3.8, 4) is 16.9 Å². The van der Waals surface area contributed by atoms with E-state index in [0.29, 0.717) is 27.3 Å². The molecule has 0 fully saturated rings. The highest BCUT2D eigenvalue weighted by Gasteiger charge is 2.28. The average Bonchev–Trinajstić information content (AvgIpc) is 2.94. The summed E-state index contributed by atoms with van der Waals surface area (Å²) in [4.78, 5) is 26.7. The molecular formula is C32H26ClNO6S. The molecule has 1 N–H and O–H groups in total. The molecule has 0 saturated heterocycles. The Bertz CT molecular complexity index is 1880. The van der Waals surface area contributed by atoms with Crippen LogP contribution in [0.4, 0.5) is 0 Å². The maximum atomic E-state index is 13.4. The molecule has 1 atom stereocenters. The maximum absolute atomic E-state index is 13.4. The zero-order chi connectivity index (χ0) is 29.1. The van der Waals surface area contributed by atoms with Gasteiger partial charge < -0.3 is 9.15 Å². The van der Waals surface area contributed by atoms with Gasteiger partial charge in [0.2, 0.25) is 15.5 Å². The number of carbonyl (C=O) groups excluding carboxylic acids is 1. The zero-order valence-corrected chi connectivity index (χ0v) is 23.8. The first-order chi connectivity index (χ1) is 19.6. The Morgan fingerprint density at radius 3 is 2.29 bits per heavy atom. The van der Waals surface area contributed by atoms with Crippen molar-refractivity contribution in [2.24, 2.45) is 0 Å². The number of hydrogen-bond donors (Lipinski definition) is 1. The number of aryl methyl sites for hydroxylation is 2. The summed E-state index contributed by atoms with van der Waals surface area (Å²) in [6.07, 6.45) is 0.0665. The van der Waals surface area contributed by atoms with Crippen LogP contribution in [0.1, 0.15) is 16.9 Å². The van der Waals surface area contributed by atoms with E-state index in [1.165, 1.54) is 30.3 Å². The number of sulfonamides is 1. The van der Waals surface area contributed by atoms with Gasteiger partial charge in [-0.15, -0.1) is 0 Å². The first-order valence-electron chi connectivity index (χ1n) is 12.8. The van der Waals surface area contributed by atoms with Gasteiger partial charge >= 0.3 is 5.97 Å². The summed E-state index contributed by atoms with van der Waals surface area (Å²) in [5.41, 5.74) is 2.72. The third-order valence-electron chi connectivity index (χ3n) is 6.59. The van der Waals surface area contributed by atoms with Crippen LogP contribution < -0.4 is 14.9 Å². The quantitative estimate of drug-likeness (QED) is 0.171. The molecule has 5 aromatic rings. The van der Waals surface area contributed by atoms with E-state index in [4.69, 9.17) is 20.8 Å². The van der Waals surface area contributed by atoms with E-state index >= 15 is 0 Å². The van der Waals surface area contributed by atoms with Crippen molar-refractivity contribution in [1.82, 2.24) is 4.72 Å². The van der Waals surface area contributed by atoms with Crippen molar-refractivity contribution in [3.63, 3.8) is 0 Å². The zero-order valence-electron chi connectivity index (χ0n) is 22.3. The first kappa shape index (κ1) is 28.3. The Balaban J connectivity index is 1.44. The second kappa shape index (κ2) is 11.7. The Hall–Kier alpha value is -4.24. The van der Waals surface area contributed by atoms with Gasteiger partial charge in [-0.3, -0.25) is 4.79 Å². The Kier molecular flexibility index (Phi) is 8.08. The number of halogens is 1. The molecule has 9 heteroatoms. The molecule has 0 aliphatic rings. The van der Waals surface area contributed by atoms with E-state index in [2.05, 4.69) is 4.72 Å². The molecule has 4 aromatic carbocycles. The largest absolute Gasteiger partial charge is 0.460 e. The summed E-state index contributed by atoms with van der Waals surface area (Å²) in [5.74, 6) is -0.307. The van der Waals surface area contributed by atoms with E-state index in [-0.39, 0.29) is 28.1 Å². The molecule has 208 valence electrons. The third kappa shape index (κ3) is 6.41. The molecule has 1 aromatic heterocycles. The van der Waals surface area contributed by atoms with Crippen LogP contribution in [0.3, 0.4) is 0 Å². The second-order valence-corrected chi connectivity index (χ2v) is 11.8. The molecule has 0 aliphatic carbocycles. The molecule has 7 nitrogen and oxygen atoms in total. The lowest BCUT2D eigenvalue weighted by Crippen LogP contribution is -2.44. The SMILES string of the molecule is Cc1ccc(S(=O)(=O)N[C@H](Cc2ccccc2)C(=O)Oc2ccc3c(=O)c(-c4ccc(Cl)cc4)c(C)oc3c2)cc1. The van der Waals surface area contributed by atoms with E-state index in [0.717, 1.165) is 11.1 Å². The monoisotopic (exact) mass is 587 g/mol. The van der Waals surface area contributed by atoms with Gasteiger partial charge in [0.1, 0.15) is 23.1 Å². The van der Waals surface area contributed by atoms with E-state index in [1.807, 2.05) is 13.0 Å². The van der Waals surface area contributed by atoms with Gasteiger partial charge in [0.05, 0.1) is 15.8 Å². The summed E-state index contributed by atoms with van der Waals surface area (Å²) < 4.78 is 40.4. The number of carbonyl (C=O) groups is 1. The van der Waals surface area contributed by atoms with Gasteiger partial charge in [-0.2, -0.15) is 4.72 Å². The van der Waals surface area contributed by atoms with E-state index < -0.39 is 22.0 Å². The third-order valence-corrected chi connectivity index (χ3v) is 8.33. The van der Waals surface area contributed by atoms with Gasteiger partial charge in [-0.25, -0.2) is 13.2 Å². The molecule has 0 saturated carbocycles. The van der Waals surface area contributed by atoms with Crippen LogP contribution in [-0.4, -0.2) is 20.4 Å². The normalized spacial score (nSPS) is 12.3. The fraction of sp³-hybridized carbons (Fsp3) is 0.125. The van der Waals surface area contributed by atoms with Crippen molar-refractivity contribution in [2.45, 2.75) is 31.2 Å². The first-order valence-corrected chi connectivity index (χ1v) is 14.6. The number of ether oxygens (including phenoxy) is 1. The lowest BCUT2D eigenvalue weighted by Gasteiger charge is -2.18. The second-order valence-electron chi connectivity index (χ2n) is 9.62. The Morgan fingerprint density at radius 2 is 1.61 bits per heavy atom. The molecule has 0 spiro atoms. The molecule has 41 heavy (non-hydrogen) atoms. The number of esters is 1. The van der Waals surface area contributed by atoms with Crippen LogP contribution in [0.5, 0.6) is 5.75 Å². The van der Waals surface area contributed by atoms with Crippen molar-refractivity contribution in [1.29, 1.82) is 0 Å². The maximum Gasteiger partial charge on any atom is 0.329 e. The fourth-order valence-corrected chi connectivity index (χ4v) is 5.79. The highest BCUT2D eigenvalue weighted by molar-refractivity contribution is 7.89. The van der Waals surface area contributed by atoms with Gasteiger partial charge in [-0.1, -0.05) is 71.8 Å². The molecule has 0 radical (unpaired) electrons. The van der Waals surface area contributed by atoms with Gasteiger partial charge in [0.15, 0.2) is 0 Å². The predicted molar refractivity (Wildman–Crippen MR) is 159 cm³/mol. The standard InChI is InChI=1S/C32H26ClNO6S/c1-20-8-15-26(16-9-20)41(37,38)34-28(18-22-6-4-3-5-7-22)32(36)40-25-14-17-27-29(19-25)39-21(2)30(31(27)35)23-10-12-24(33)13-11-23/h3-17,19,28,34H,18H2,1-2H3/t28-/m1/s1. The minimum absolute atomic E-state index is 0.0356. The molecule has 0 aliphatic heterocycles. The highest BCUT2D eigenvalue weighted by Crippen LogP contribution is 2.27. The summed E-state index contributed by atoms with van der Waals surface area (Å²) in [7, 11) is -4.03. The van der Waals surface area contributed by atoms with E-state index in [1.54, 1.807) is 67.6 Å². The molecular weight excluding hydrogens is 562 g/mol. The molecule has 0 unspecified atom stereocenters. The van der Waals surface area contributed by atoms with Crippen LogP contribution in [0.15, 0.2) is 111 Å². The lowest BCUT2D eigenvalue weighted by molar-refractivity contribution is -0.136. The van der Waals surface area contributed by atoms with Crippen LogP contribution >= 0.6 is 11.6 Å².